The molecular weight excluding hydrogens is 284 g/mol. The van der Waals surface area contributed by atoms with Crippen LogP contribution in [0.5, 0.6) is 0 Å². The minimum absolute atomic E-state index is 0.981. The van der Waals surface area contributed by atoms with Crippen molar-refractivity contribution in [1.29, 1.82) is 0 Å². The molecule has 1 heterocycles. The SMILES string of the molecule is c1ccc(Cc2c(-c3ccccc3)sc3ccccc23)cc1. The van der Waals surface area contributed by atoms with Crippen LogP contribution in [0.25, 0.3) is 20.5 Å². The molecule has 106 valence electrons. The molecule has 4 rings (SSSR count). The van der Waals surface area contributed by atoms with Gasteiger partial charge in [-0.2, -0.15) is 0 Å². The zero-order valence-electron chi connectivity index (χ0n) is 12.2. The molecule has 0 aliphatic rings. The van der Waals surface area contributed by atoms with Gasteiger partial charge in [0, 0.05) is 9.58 Å². The first kappa shape index (κ1) is 13.3. The van der Waals surface area contributed by atoms with Crippen LogP contribution < -0.4 is 0 Å². The van der Waals surface area contributed by atoms with Crippen LogP contribution in [-0.4, -0.2) is 0 Å². The maximum Gasteiger partial charge on any atom is 0.0390 e. The van der Waals surface area contributed by atoms with Gasteiger partial charge in [-0.25, -0.2) is 0 Å². The Bertz CT molecular complexity index is 889. The summed E-state index contributed by atoms with van der Waals surface area (Å²) in [6, 6.07) is 30.2. The highest BCUT2D eigenvalue weighted by atomic mass is 32.1. The van der Waals surface area contributed by atoms with Crippen molar-refractivity contribution >= 4 is 21.4 Å². The lowest BCUT2D eigenvalue weighted by atomic mass is 9.99. The quantitative estimate of drug-likeness (QED) is 0.425. The maximum absolute atomic E-state index is 2.25. The first-order chi connectivity index (χ1) is 10.9. The second-order valence-electron chi connectivity index (χ2n) is 5.43. The molecule has 22 heavy (non-hydrogen) atoms. The van der Waals surface area contributed by atoms with Crippen molar-refractivity contribution in [2.24, 2.45) is 0 Å². The standard InChI is InChI=1S/C21H16S/c1-3-9-16(10-4-1)15-19-18-13-7-8-14-20(18)22-21(19)17-11-5-2-6-12-17/h1-14H,15H2. The van der Waals surface area contributed by atoms with Crippen LogP contribution in [0.4, 0.5) is 0 Å². The highest BCUT2D eigenvalue weighted by Crippen LogP contribution is 2.39. The molecule has 0 unspecified atom stereocenters. The van der Waals surface area contributed by atoms with Gasteiger partial charge in [0.2, 0.25) is 0 Å². The molecule has 1 aromatic heterocycles. The fourth-order valence-electron chi connectivity index (χ4n) is 2.90. The van der Waals surface area contributed by atoms with Crippen molar-refractivity contribution in [2.45, 2.75) is 6.42 Å². The Labute approximate surface area is 134 Å². The summed E-state index contributed by atoms with van der Waals surface area (Å²) in [5.74, 6) is 0. The third-order valence-electron chi connectivity index (χ3n) is 3.96. The topological polar surface area (TPSA) is 0 Å². The zero-order chi connectivity index (χ0) is 14.8. The molecule has 0 spiro atoms. The summed E-state index contributed by atoms with van der Waals surface area (Å²) >= 11 is 1.90. The van der Waals surface area contributed by atoms with Crippen molar-refractivity contribution in [3.63, 3.8) is 0 Å². The molecular formula is C21H16S. The van der Waals surface area contributed by atoms with Crippen molar-refractivity contribution in [3.8, 4) is 10.4 Å². The van der Waals surface area contributed by atoms with E-state index in [0.717, 1.165) is 6.42 Å². The molecule has 0 aliphatic carbocycles. The van der Waals surface area contributed by atoms with Gasteiger partial charge in [-0.1, -0.05) is 78.9 Å². The van der Waals surface area contributed by atoms with Gasteiger partial charge in [-0.3, -0.25) is 0 Å². The number of hydrogen-bond acceptors (Lipinski definition) is 1. The molecule has 0 radical (unpaired) electrons. The minimum atomic E-state index is 0.981. The molecule has 0 aliphatic heterocycles. The Kier molecular flexibility index (Phi) is 3.49. The second-order valence-corrected chi connectivity index (χ2v) is 6.49. The highest BCUT2D eigenvalue weighted by Gasteiger charge is 2.13. The predicted molar refractivity (Wildman–Crippen MR) is 96.5 cm³/mol. The molecule has 0 fully saturated rings. The lowest BCUT2D eigenvalue weighted by Crippen LogP contribution is -1.89. The second kappa shape index (κ2) is 5.78. The third kappa shape index (κ3) is 2.44. The van der Waals surface area contributed by atoms with Gasteiger partial charge < -0.3 is 0 Å². The molecule has 0 atom stereocenters. The Morgan fingerprint density at radius 1 is 0.636 bits per heavy atom. The summed E-state index contributed by atoms with van der Waals surface area (Å²) in [5, 5.41) is 1.38. The largest absolute Gasteiger partial charge is 0.135 e. The normalized spacial score (nSPS) is 10.9. The Morgan fingerprint density at radius 2 is 1.27 bits per heavy atom. The monoisotopic (exact) mass is 300 g/mol. The Morgan fingerprint density at radius 3 is 2.05 bits per heavy atom. The van der Waals surface area contributed by atoms with Crippen LogP contribution in [0.1, 0.15) is 11.1 Å². The number of hydrogen-bond donors (Lipinski definition) is 0. The smallest absolute Gasteiger partial charge is 0.0390 e. The van der Waals surface area contributed by atoms with Gasteiger partial charge in [-0.05, 0) is 34.6 Å². The fraction of sp³-hybridized carbons (Fsp3) is 0.0476. The van der Waals surface area contributed by atoms with E-state index in [1.54, 1.807) is 0 Å². The van der Waals surface area contributed by atoms with Crippen LogP contribution in [0, 0.1) is 0 Å². The average molecular weight is 300 g/mol. The summed E-state index contributed by atoms with van der Waals surface area (Å²) in [7, 11) is 0. The first-order valence-electron chi connectivity index (χ1n) is 7.51. The highest BCUT2D eigenvalue weighted by molar-refractivity contribution is 7.22. The molecule has 0 saturated carbocycles. The van der Waals surface area contributed by atoms with E-state index in [-0.39, 0.29) is 0 Å². The van der Waals surface area contributed by atoms with Crippen molar-refractivity contribution < 1.29 is 0 Å². The van der Waals surface area contributed by atoms with E-state index in [0.29, 0.717) is 0 Å². The summed E-state index contributed by atoms with van der Waals surface area (Å²) in [6.07, 6.45) is 0.981. The Hall–Kier alpha value is -2.38. The Balaban J connectivity index is 1.91. The van der Waals surface area contributed by atoms with E-state index in [1.807, 2.05) is 11.3 Å². The van der Waals surface area contributed by atoms with Crippen LogP contribution in [0.2, 0.25) is 0 Å². The minimum Gasteiger partial charge on any atom is -0.135 e. The van der Waals surface area contributed by atoms with Crippen LogP contribution >= 0.6 is 11.3 Å². The summed E-state index contributed by atoms with van der Waals surface area (Å²) in [6.45, 7) is 0. The van der Waals surface area contributed by atoms with E-state index < -0.39 is 0 Å². The molecule has 1 heteroatoms. The van der Waals surface area contributed by atoms with Crippen molar-refractivity contribution in [3.05, 3.63) is 96.1 Å². The zero-order valence-corrected chi connectivity index (χ0v) is 13.0. The van der Waals surface area contributed by atoms with E-state index in [4.69, 9.17) is 0 Å². The van der Waals surface area contributed by atoms with E-state index in [9.17, 15) is 0 Å². The van der Waals surface area contributed by atoms with Gasteiger partial charge in [-0.15, -0.1) is 11.3 Å². The van der Waals surface area contributed by atoms with Gasteiger partial charge in [0.05, 0.1) is 0 Å². The van der Waals surface area contributed by atoms with Gasteiger partial charge in [0.1, 0.15) is 0 Å². The lowest BCUT2D eigenvalue weighted by Gasteiger charge is -2.05. The van der Waals surface area contributed by atoms with Gasteiger partial charge in [0.25, 0.3) is 0 Å². The van der Waals surface area contributed by atoms with E-state index in [2.05, 4.69) is 84.9 Å². The molecule has 0 saturated heterocycles. The summed E-state index contributed by atoms with van der Waals surface area (Å²) in [5.41, 5.74) is 4.12. The van der Waals surface area contributed by atoms with Crippen molar-refractivity contribution in [1.82, 2.24) is 0 Å². The maximum atomic E-state index is 2.25. The van der Waals surface area contributed by atoms with Crippen LogP contribution in [-0.2, 0) is 6.42 Å². The predicted octanol–water partition coefficient (Wildman–Crippen LogP) is 6.16. The molecule has 0 bridgehead atoms. The summed E-state index contributed by atoms with van der Waals surface area (Å²) < 4.78 is 1.37. The van der Waals surface area contributed by atoms with E-state index >= 15 is 0 Å². The number of thiophene rings is 1. The van der Waals surface area contributed by atoms with Gasteiger partial charge in [0.15, 0.2) is 0 Å². The van der Waals surface area contributed by atoms with Crippen molar-refractivity contribution in [2.75, 3.05) is 0 Å². The summed E-state index contributed by atoms with van der Waals surface area (Å²) in [4.78, 5) is 1.39. The van der Waals surface area contributed by atoms with E-state index in [1.165, 1.54) is 31.7 Å². The lowest BCUT2D eigenvalue weighted by molar-refractivity contribution is 1.23. The molecule has 4 aromatic rings. The average Bonchev–Trinajstić information content (AvgIpc) is 2.95. The number of fused-ring (bicyclic) bond motifs is 1. The van der Waals surface area contributed by atoms with Crippen LogP contribution in [0.3, 0.4) is 0 Å². The first-order valence-corrected chi connectivity index (χ1v) is 8.33. The molecule has 0 amide bonds. The number of benzene rings is 3. The van der Waals surface area contributed by atoms with Gasteiger partial charge >= 0.3 is 0 Å². The molecule has 0 nitrogen and oxygen atoms in total. The van der Waals surface area contributed by atoms with Crippen LogP contribution in [0.15, 0.2) is 84.9 Å². The fourth-order valence-corrected chi connectivity index (χ4v) is 4.12. The molecule has 3 aromatic carbocycles. The third-order valence-corrected chi connectivity index (χ3v) is 5.22. The molecule has 0 N–H and O–H groups in total. The number of rotatable bonds is 3.